The Kier molecular flexibility index (Phi) is 6.29. The van der Waals surface area contributed by atoms with Crippen molar-refractivity contribution in [3.8, 4) is 5.75 Å². The lowest BCUT2D eigenvalue weighted by atomic mass is 10.1. The Hall–Kier alpha value is -2.60. The second-order valence-electron chi connectivity index (χ2n) is 6.46. The minimum absolute atomic E-state index is 0.0945. The first kappa shape index (κ1) is 19.2. The normalized spacial score (nSPS) is 14.0. The molecule has 6 heteroatoms. The van der Waals surface area contributed by atoms with E-state index in [1.807, 2.05) is 55.5 Å². The van der Waals surface area contributed by atoms with Gasteiger partial charge >= 0.3 is 0 Å². The number of hydrogen-bond donors (Lipinski definition) is 1. The van der Waals surface area contributed by atoms with Crippen LogP contribution in [0.25, 0.3) is 0 Å². The molecule has 1 aliphatic heterocycles. The van der Waals surface area contributed by atoms with Crippen LogP contribution in [0.3, 0.4) is 0 Å². The molecule has 1 N–H and O–H groups in total. The summed E-state index contributed by atoms with van der Waals surface area (Å²) in [6.45, 7) is 7.72. The second-order valence-corrected chi connectivity index (χ2v) is 6.85. The van der Waals surface area contributed by atoms with Gasteiger partial charge in [0.05, 0.1) is 6.61 Å². The van der Waals surface area contributed by atoms with E-state index in [0.717, 1.165) is 54.0 Å². The molecule has 0 atom stereocenters. The number of carbonyl (C=O) groups is 1. The molecule has 1 fully saturated rings. The van der Waals surface area contributed by atoms with Crippen LogP contribution in [-0.4, -0.2) is 48.6 Å². The van der Waals surface area contributed by atoms with Crippen LogP contribution >= 0.6 is 12.2 Å². The average molecular weight is 384 g/mol. The second kappa shape index (κ2) is 8.86. The first-order valence-corrected chi connectivity index (χ1v) is 9.62. The van der Waals surface area contributed by atoms with Crippen LogP contribution < -0.4 is 15.0 Å². The molecular weight excluding hydrogens is 358 g/mol. The Balaban J connectivity index is 1.52. The highest BCUT2D eigenvalue weighted by atomic mass is 32.1. The number of carbonyl (C=O) groups excluding carboxylic acids is 1. The van der Waals surface area contributed by atoms with Crippen molar-refractivity contribution >= 4 is 34.5 Å². The maximum atomic E-state index is 11.4. The number of anilines is 2. The van der Waals surface area contributed by atoms with E-state index in [1.165, 1.54) is 0 Å². The number of rotatable bonds is 5. The van der Waals surface area contributed by atoms with Gasteiger partial charge in [-0.15, -0.1) is 0 Å². The highest BCUT2D eigenvalue weighted by molar-refractivity contribution is 7.80. The van der Waals surface area contributed by atoms with E-state index in [1.54, 1.807) is 6.92 Å². The van der Waals surface area contributed by atoms with E-state index in [2.05, 4.69) is 15.1 Å². The number of ether oxygens (including phenoxy) is 1. The minimum Gasteiger partial charge on any atom is -0.494 e. The monoisotopic (exact) mass is 383 g/mol. The fourth-order valence-electron chi connectivity index (χ4n) is 3.08. The van der Waals surface area contributed by atoms with E-state index in [9.17, 15) is 4.79 Å². The smallest absolute Gasteiger partial charge is 0.173 e. The molecule has 0 aromatic heterocycles. The van der Waals surface area contributed by atoms with Gasteiger partial charge in [0.1, 0.15) is 5.75 Å². The van der Waals surface area contributed by atoms with Crippen molar-refractivity contribution in [1.29, 1.82) is 0 Å². The molecule has 0 bridgehead atoms. The molecule has 0 spiro atoms. The number of nitrogens with one attached hydrogen (secondary N) is 1. The van der Waals surface area contributed by atoms with Crippen LogP contribution in [0.5, 0.6) is 5.75 Å². The van der Waals surface area contributed by atoms with Gasteiger partial charge in [0.15, 0.2) is 10.9 Å². The topological polar surface area (TPSA) is 44.8 Å². The molecular formula is C21H25N3O2S. The first-order valence-electron chi connectivity index (χ1n) is 9.21. The standard InChI is InChI=1S/C21H25N3O2S/c1-3-26-20-10-6-18(7-11-20)22-21(27)24-14-12-23(13-15-24)19-8-4-17(5-9-19)16(2)25/h4-11H,3,12-15H2,1-2H3,(H,22,27). The van der Waals surface area contributed by atoms with E-state index in [0.29, 0.717) is 6.61 Å². The zero-order valence-electron chi connectivity index (χ0n) is 15.8. The zero-order chi connectivity index (χ0) is 19.2. The quantitative estimate of drug-likeness (QED) is 0.626. The fraction of sp³-hybridized carbons (Fsp3) is 0.333. The predicted molar refractivity (Wildman–Crippen MR) is 114 cm³/mol. The largest absolute Gasteiger partial charge is 0.494 e. The summed E-state index contributed by atoms with van der Waals surface area (Å²) in [4.78, 5) is 15.9. The summed E-state index contributed by atoms with van der Waals surface area (Å²) < 4.78 is 5.46. The molecule has 0 saturated carbocycles. The van der Waals surface area contributed by atoms with Crippen molar-refractivity contribution in [1.82, 2.24) is 4.90 Å². The van der Waals surface area contributed by atoms with Gasteiger partial charge in [0.25, 0.3) is 0 Å². The number of ketones is 1. The minimum atomic E-state index is 0.0945. The van der Waals surface area contributed by atoms with E-state index < -0.39 is 0 Å². The van der Waals surface area contributed by atoms with Crippen molar-refractivity contribution in [2.75, 3.05) is 43.0 Å². The molecule has 1 aliphatic rings. The summed E-state index contributed by atoms with van der Waals surface area (Å²) in [5.41, 5.74) is 2.86. The fourth-order valence-corrected chi connectivity index (χ4v) is 3.38. The molecule has 1 heterocycles. The molecule has 0 aliphatic carbocycles. The van der Waals surface area contributed by atoms with Gasteiger partial charge in [-0.3, -0.25) is 4.79 Å². The van der Waals surface area contributed by atoms with Crippen molar-refractivity contribution in [3.05, 3.63) is 54.1 Å². The van der Waals surface area contributed by atoms with E-state index >= 15 is 0 Å². The third-order valence-corrected chi connectivity index (χ3v) is 4.98. The van der Waals surface area contributed by atoms with Crippen molar-refractivity contribution in [2.24, 2.45) is 0 Å². The highest BCUT2D eigenvalue weighted by Gasteiger charge is 2.19. The van der Waals surface area contributed by atoms with Gasteiger partial charge < -0.3 is 19.9 Å². The molecule has 142 valence electrons. The molecule has 2 aromatic rings. The Morgan fingerprint density at radius 2 is 1.67 bits per heavy atom. The summed E-state index contributed by atoms with van der Waals surface area (Å²) >= 11 is 5.57. The van der Waals surface area contributed by atoms with Crippen LogP contribution in [-0.2, 0) is 0 Å². The van der Waals surface area contributed by atoms with Gasteiger partial charge in [0, 0.05) is 43.1 Å². The number of nitrogens with zero attached hydrogens (tertiary/aromatic N) is 2. The number of piperazine rings is 1. The van der Waals surface area contributed by atoms with Crippen LogP contribution in [0.1, 0.15) is 24.2 Å². The van der Waals surface area contributed by atoms with Crippen LogP contribution in [0, 0.1) is 0 Å². The molecule has 3 rings (SSSR count). The lowest BCUT2D eigenvalue weighted by Gasteiger charge is -2.37. The number of Topliss-reactive ketones (excluding diaryl/α,β-unsaturated/α-hetero) is 1. The Labute approximate surface area is 165 Å². The van der Waals surface area contributed by atoms with E-state index in [4.69, 9.17) is 17.0 Å². The molecule has 5 nitrogen and oxygen atoms in total. The first-order chi connectivity index (χ1) is 13.1. The molecule has 2 aromatic carbocycles. The van der Waals surface area contributed by atoms with Crippen LogP contribution in [0.15, 0.2) is 48.5 Å². The summed E-state index contributed by atoms with van der Waals surface area (Å²) in [5, 5.41) is 4.04. The molecule has 0 unspecified atom stereocenters. The third kappa shape index (κ3) is 4.98. The van der Waals surface area contributed by atoms with Gasteiger partial charge in [-0.1, -0.05) is 0 Å². The van der Waals surface area contributed by atoms with Crippen LogP contribution in [0.4, 0.5) is 11.4 Å². The highest BCUT2D eigenvalue weighted by Crippen LogP contribution is 2.19. The molecule has 27 heavy (non-hydrogen) atoms. The maximum Gasteiger partial charge on any atom is 0.173 e. The van der Waals surface area contributed by atoms with Gasteiger partial charge in [-0.05, 0) is 74.6 Å². The predicted octanol–water partition coefficient (Wildman–Crippen LogP) is 3.81. The Morgan fingerprint density at radius 1 is 1.04 bits per heavy atom. The maximum absolute atomic E-state index is 11.4. The average Bonchev–Trinajstić information content (AvgIpc) is 2.70. The van der Waals surface area contributed by atoms with Gasteiger partial charge in [-0.25, -0.2) is 0 Å². The molecule has 0 amide bonds. The van der Waals surface area contributed by atoms with Crippen LogP contribution in [0.2, 0.25) is 0 Å². The SMILES string of the molecule is CCOc1ccc(NC(=S)N2CCN(c3ccc(C(C)=O)cc3)CC2)cc1. The summed E-state index contributed by atoms with van der Waals surface area (Å²) in [5.74, 6) is 0.954. The lowest BCUT2D eigenvalue weighted by molar-refractivity contribution is 0.101. The van der Waals surface area contributed by atoms with Gasteiger partial charge in [-0.2, -0.15) is 0 Å². The molecule has 1 saturated heterocycles. The number of benzene rings is 2. The lowest BCUT2D eigenvalue weighted by Crippen LogP contribution is -2.50. The van der Waals surface area contributed by atoms with Gasteiger partial charge in [0.2, 0.25) is 0 Å². The van der Waals surface area contributed by atoms with Crippen molar-refractivity contribution in [3.63, 3.8) is 0 Å². The summed E-state index contributed by atoms with van der Waals surface area (Å²) in [6, 6.07) is 15.7. The zero-order valence-corrected chi connectivity index (χ0v) is 16.6. The summed E-state index contributed by atoms with van der Waals surface area (Å²) in [7, 11) is 0. The number of thiocarbonyl (C=S) groups is 1. The Bertz CT molecular complexity index is 782. The van der Waals surface area contributed by atoms with Crippen molar-refractivity contribution < 1.29 is 9.53 Å². The molecule has 0 radical (unpaired) electrons. The third-order valence-electron chi connectivity index (χ3n) is 4.62. The van der Waals surface area contributed by atoms with Crippen molar-refractivity contribution in [2.45, 2.75) is 13.8 Å². The summed E-state index contributed by atoms with van der Waals surface area (Å²) in [6.07, 6.45) is 0. The Morgan fingerprint density at radius 3 is 2.22 bits per heavy atom. The number of hydrogen-bond acceptors (Lipinski definition) is 4. The van der Waals surface area contributed by atoms with E-state index in [-0.39, 0.29) is 5.78 Å².